The molecule has 3 heteroatoms. The molecule has 0 saturated heterocycles. The van der Waals surface area contributed by atoms with Crippen molar-refractivity contribution in [2.75, 3.05) is 6.61 Å². The molecule has 0 aliphatic heterocycles. The van der Waals surface area contributed by atoms with Gasteiger partial charge in [-0.1, -0.05) is 56.0 Å². The van der Waals surface area contributed by atoms with E-state index >= 15 is 0 Å². The van der Waals surface area contributed by atoms with Crippen molar-refractivity contribution in [2.24, 2.45) is 5.92 Å². The Hall–Kier alpha value is -2.31. The van der Waals surface area contributed by atoms with E-state index < -0.39 is 5.92 Å². The molecule has 2 rings (SSSR count). The topological polar surface area (TPSA) is 49.3 Å². The average molecular weight is 337 g/mol. The standard InChI is InChI=1S/C22H27NO2/c1-16(2)9-10-18-11-13-20(14-12-18)21(15-24)22(25)23-17(3)19-7-5-4-6-8-19/h5,7-8,11-14,16-17,21,24H,4,6,15H2,1-3H3,(H,23,25). The summed E-state index contributed by atoms with van der Waals surface area (Å²) in [7, 11) is 0. The molecule has 1 aromatic carbocycles. The van der Waals surface area contributed by atoms with Crippen LogP contribution in [0.2, 0.25) is 0 Å². The Morgan fingerprint density at radius 3 is 2.48 bits per heavy atom. The van der Waals surface area contributed by atoms with Crippen molar-refractivity contribution in [3.63, 3.8) is 0 Å². The van der Waals surface area contributed by atoms with E-state index in [1.807, 2.05) is 45.0 Å². The number of aliphatic hydroxyl groups is 1. The van der Waals surface area contributed by atoms with Crippen molar-refractivity contribution < 1.29 is 9.90 Å². The van der Waals surface area contributed by atoms with Crippen LogP contribution >= 0.6 is 0 Å². The van der Waals surface area contributed by atoms with Crippen LogP contribution in [0.5, 0.6) is 0 Å². The molecule has 0 fully saturated rings. The van der Waals surface area contributed by atoms with Crippen LogP contribution in [0.3, 0.4) is 0 Å². The summed E-state index contributed by atoms with van der Waals surface area (Å²) < 4.78 is 0. The van der Waals surface area contributed by atoms with Crippen LogP contribution in [0, 0.1) is 17.8 Å². The lowest BCUT2D eigenvalue weighted by Gasteiger charge is -2.21. The van der Waals surface area contributed by atoms with E-state index in [-0.39, 0.29) is 18.6 Å². The van der Waals surface area contributed by atoms with Crippen molar-refractivity contribution in [3.05, 3.63) is 59.2 Å². The SMILES string of the molecule is CC(C)C#Cc1ccc(C(CO)C(=O)NC(C)C2=CCCC=C2)cc1. The molecule has 2 atom stereocenters. The minimum atomic E-state index is -0.567. The number of nitrogens with one attached hydrogen (secondary N) is 1. The highest BCUT2D eigenvalue weighted by Gasteiger charge is 2.22. The fraction of sp³-hybridized carbons (Fsp3) is 0.409. The Morgan fingerprint density at radius 2 is 1.92 bits per heavy atom. The molecule has 132 valence electrons. The predicted octanol–water partition coefficient (Wildman–Crippen LogP) is 3.55. The van der Waals surface area contributed by atoms with Crippen molar-refractivity contribution in [1.82, 2.24) is 5.32 Å². The minimum absolute atomic E-state index is 0.0609. The Bertz CT molecular complexity index is 702. The molecule has 2 unspecified atom stereocenters. The number of carbonyl (C=O) groups is 1. The summed E-state index contributed by atoms with van der Waals surface area (Å²) in [6, 6.07) is 7.48. The molecule has 2 N–H and O–H groups in total. The van der Waals surface area contributed by atoms with Gasteiger partial charge >= 0.3 is 0 Å². The normalized spacial score (nSPS) is 15.8. The lowest BCUT2D eigenvalue weighted by Crippen LogP contribution is -2.38. The highest BCUT2D eigenvalue weighted by atomic mass is 16.3. The summed E-state index contributed by atoms with van der Waals surface area (Å²) in [5, 5.41) is 12.7. The van der Waals surface area contributed by atoms with Gasteiger partial charge in [0.15, 0.2) is 0 Å². The van der Waals surface area contributed by atoms with Crippen LogP contribution in [0.4, 0.5) is 0 Å². The third kappa shape index (κ3) is 5.62. The number of allylic oxidation sites excluding steroid dienone is 2. The highest BCUT2D eigenvalue weighted by Crippen LogP contribution is 2.18. The van der Waals surface area contributed by atoms with E-state index in [9.17, 15) is 9.90 Å². The zero-order chi connectivity index (χ0) is 18.2. The first-order valence-electron chi connectivity index (χ1n) is 8.90. The first-order chi connectivity index (χ1) is 12.0. The third-order valence-electron chi connectivity index (χ3n) is 4.20. The maximum atomic E-state index is 12.6. The van der Waals surface area contributed by atoms with Gasteiger partial charge in [0.25, 0.3) is 0 Å². The first kappa shape index (κ1) is 19.0. The van der Waals surface area contributed by atoms with Gasteiger partial charge in [-0.05, 0) is 43.0 Å². The molecule has 0 bridgehead atoms. The second-order valence-electron chi connectivity index (χ2n) is 6.70. The summed E-state index contributed by atoms with van der Waals surface area (Å²) >= 11 is 0. The van der Waals surface area contributed by atoms with Crippen LogP contribution in [0.25, 0.3) is 0 Å². The fourth-order valence-corrected chi connectivity index (χ4v) is 2.72. The zero-order valence-corrected chi connectivity index (χ0v) is 15.3. The van der Waals surface area contributed by atoms with Gasteiger partial charge in [0.1, 0.15) is 0 Å². The summed E-state index contributed by atoms with van der Waals surface area (Å²) in [6.07, 6.45) is 8.40. The van der Waals surface area contributed by atoms with Gasteiger partial charge < -0.3 is 10.4 Å². The van der Waals surface area contributed by atoms with Gasteiger partial charge in [0.2, 0.25) is 5.91 Å². The van der Waals surface area contributed by atoms with Crippen molar-refractivity contribution in [2.45, 2.75) is 45.6 Å². The van der Waals surface area contributed by atoms with Gasteiger partial charge in [-0.3, -0.25) is 4.79 Å². The lowest BCUT2D eigenvalue weighted by atomic mass is 9.96. The molecule has 0 heterocycles. The van der Waals surface area contributed by atoms with Gasteiger partial charge in [-0.25, -0.2) is 0 Å². The molecule has 0 spiro atoms. The van der Waals surface area contributed by atoms with Crippen LogP contribution < -0.4 is 5.32 Å². The van der Waals surface area contributed by atoms with Crippen LogP contribution in [0.15, 0.2) is 48.1 Å². The first-order valence-corrected chi connectivity index (χ1v) is 8.90. The van der Waals surface area contributed by atoms with E-state index in [0.29, 0.717) is 5.92 Å². The molecule has 1 aliphatic rings. The molecule has 25 heavy (non-hydrogen) atoms. The average Bonchev–Trinajstić information content (AvgIpc) is 2.62. The van der Waals surface area contributed by atoms with Gasteiger partial charge in [-0.15, -0.1) is 0 Å². The number of rotatable bonds is 5. The van der Waals surface area contributed by atoms with Gasteiger partial charge in [-0.2, -0.15) is 0 Å². The Balaban J connectivity index is 2.05. The monoisotopic (exact) mass is 337 g/mol. The van der Waals surface area contributed by atoms with Gasteiger partial charge in [0.05, 0.1) is 18.6 Å². The highest BCUT2D eigenvalue weighted by molar-refractivity contribution is 5.84. The lowest BCUT2D eigenvalue weighted by molar-refractivity contribution is -0.123. The van der Waals surface area contributed by atoms with Gasteiger partial charge in [0, 0.05) is 11.5 Å². The number of hydrogen-bond acceptors (Lipinski definition) is 2. The second-order valence-corrected chi connectivity index (χ2v) is 6.70. The van der Waals surface area contributed by atoms with E-state index in [0.717, 1.165) is 29.5 Å². The molecule has 0 saturated carbocycles. The fourth-order valence-electron chi connectivity index (χ4n) is 2.72. The molecule has 1 aliphatic carbocycles. The summed E-state index contributed by atoms with van der Waals surface area (Å²) in [6.45, 7) is 5.85. The molecular weight excluding hydrogens is 310 g/mol. The third-order valence-corrected chi connectivity index (χ3v) is 4.20. The van der Waals surface area contributed by atoms with Crippen molar-refractivity contribution >= 4 is 5.91 Å². The number of benzene rings is 1. The molecular formula is C22H27NO2. The van der Waals surface area contributed by atoms with Crippen LogP contribution in [-0.4, -0.2) is 23.7 Å². The Labute approximate surface area is 150 Å². The van der Waals surface area contributed by atoms with Crippen molar-refractivity contribution in [1.29, 1.82) is 0 Å². The molecule has 0 aromatic heterocycles. The van der Waals surface area contributed by atoms with Crippen molar-refractivity contribution in [3.8, 4) is 11.8 Å². The number of carbonyl (C=O) groups excluding carboxylic acids is 1. The summed E-state index contributed by atoms with van der Waals surface area (Å²) in [4.78, 5) is 12.6. The quantitative estimate of drug-likeness (QED) is 0.807. The van der Waals surface area contributed by atoms with Crippen LogP contribution in [0.1, 0.15) is 50.7 Å². The maximum Gasteiger partial charge on any atom is 0.230 e. The van der Waals surface area contributed by atoms with Crippen LogP contribution in [-0.2, 0) is 4.79 Å². The van der Waals surface area contributed by atoms with E-state index in [1.165, 1.54) is 0 Å². The minimum Gasteiger partial charge on any atom is -0.395 e. The molecule has 0 radical (unpaired) electrons. The van der Waals surface area contributed by atoms with E-state index in [4.69, 9.17) is 0 Å². The van der Waals surface area contributed by atoms with E-state index in [1.54, 1.807) is 0 Å². The maximum absolute atomic E-state index is 12.6. The van der Waals surface area contributed by atoms with E-state index in [2.05, 4.69) is 35.4 Å². The molecule has 3 nitrogen and oxygen atoms in total. The predicted molar refractivity (Wildman–Crippen MR) is 102 cm³/mol. The molecule has 1 aromatic rings. The summed E-state index contributed by atoms with van der Waals surface area (Å²) in [5.74, 6) is 5.82. The summed E-state index contributed by atoms with van der Waals surface area (Å²) in [5.41, 5.74) is 2.84. The second kappa shape index (κ2) is 9.25. The zero-order valence-electron chi connectivity index (χ0n) is 15.3. The number of amides is 1. The largest absolute Gasteiger partial charge is 0.395 e. The smallest absolute Gasteiger partial charge is 0.230 e. The Morgan fingerprint density at radius 1 is 1.20 bits per heavy atom. The number of hydrogen-bond donors (Lipinski definition) is 2. The molecule has 1 amide bonds. The number of aliphatic hydroxyl groups excluding tert-OH is 1. The Kier molecular flexibility index (Phi) is 7.03.